The first-order valence-corrected chi connectivity index (χ1v) is 4.84. The molecule has 0 saturated carbocycles. The smallest absolute Gasteiger partial charge is 0.254 e. The maximum atomic E-state index is 11.8. The summed E-state index contributed by atoms with van der Waals surface area (Å²) in [6.07, 6.45) is 0. The molecule has 1 aliphatic heterocycles. The van der Waals surface area contributed by atoms with E-state index in [4.69, 9.17) is 0 Å². The third kappa shape index (κ3) is 1.51. The largest absolute Gasteiger partial charge is 0.333 e. The molecule has 0 spiro atoms. The highest BCUT2D eigenvalue weighted by Gasteiger charge is 2.25. The van der Waals surface area contributed by atoms with Crippen LogP contribution >= 0.6 is 0 Å². The maximum absolute atomic E-state index is 11.8. The zero-order valence-electron chi connectivity index (χ0n) is 8.29. The van der Waals surface area contributed by atoms with Crippen LogP contribution in [0.1, 0.15) is 15.9 Å². The van der Waals surface area contributed by atoms with Crippen molar-refractivity contribution in [3.63, 3.8) is 0 Å². The monoisotopic (exact) mass is 190 g/mol. The molecule has 0 bridgehead atoms. The van der Waals surface area contributed by atoms with Gasteiger partial charge in [-0.05, 0) is 18.7 Å². The molecule has 14 heavy (non-hydrogen) atoms. The first-order valence-electron chi connectivity index (χ1n) is 4.84. The van der Waals surface area contributed by atoms with Crippen molar-refractivity contribution >= 4 is 5.91 Å². The van der Waals surface area contributed by atoms with Crippen LogP contribution in [0.5, 0.6) is 0 Å². The first-order chi connectivity index (χ1) is 6.83. The van der Waals surface area contributed by atoms with E-state index in [9.17, 15) is 4.79 Å². The molecule has 3 heteroatoms. The number of carbonyl (C=O) groups excluding carboxylic acids is 1. The van der Waals surface area contributed by atoms with Gasteiger partial charge in [0, 0.05) is 25.2 Å². The lowest BCUT2D eigenvalue weighted by atomic mass is 10.1. The number of hydrogen-bond acceptors (Lipinski definition) is 2. The van der Waals surface area contributed by atoms with E-state index in [0.717, 1.165) is 30.8 Å². The molecular formula is C11H14N2O. The summed E-state index contributed by atoms with van der Waals surface area (Å²) in [4.78, 5) is 13.7. The van der Waals surface area contributed by atoms with Gasteiger partial charge < -0.3 is 10.2 Å². The predicted molar refractivity (Wildman–Crippen MR) is 55.1 cm³/mol. The number of benzene rings is 1. The van der Waals surface area contributed by atoms with Crippen LogP contribution in [0.3, 0.4) is 0 Å². The molecule has 0 aromatic heterocycles. The van der Waals surface area contributed by atoms with E-state index in [2.05, 4.69) is 5.32 Å². The number of carbonyl (C=O) groups is 1. The zero-order valence-corrected chi connectivity index (χ0v) is 8.29. The van der Waals surface area contributed by atoms with Gasteiger partial charge in [-0.25, -0.2) is 0 Å². The second-order valence-corrected chi connectivity index (χ2v) is 3.49. The van der Waals surface area contributed by atoms with E-state index in [1.165, 1.54) is 0 Å². The molecule has 1 aromatic carbocycles. The highest BCUT2D eigenvalue weighted by Crippen LogP contribution is 2.21. The third-order valence-electron chi connectivity index (χ3n) is 2.53. The molecule has 3 nitrogen and oxygen atoms in total. The molecule has 0 unspecified atom stereocenters. The second kappa shape index (κ2) is 3.80. The minimum atomic E-state index is 0.163. The van der Waals surface area contributed by atoms with E-state index in [1.807, 2.05) is 36.2 Å². The molecule has 1 aromatic rings. The van der Waals surface area contributed by atoms with Gasteiger partial charge in [0.15, 0.2) is 0 Å². The van der Waals surface area contributed by atoms with E-state index >= 15 is 0 Å². The number of nitrogens with zero attached hydrogens (tertiary/aromatic N) is 1. The number of likely N-dealkylation sites (N-methyl/N-ethyl adjacent to an activating group) is 1. The third-order valence-corrected chi connectivity index (χ3v) is 2.53. The van der Waals surface area contributed by atoms with Gasteiger partial charge in [0.25, 0.3) is 5.91 Å². The van der Waals surface area contributed by atoms with E-state index in [-0.39, 0.29) is 5.91 Å². The van der Waals surface area contributed by atoms with Gasteiger partial charge in [0.05, 0.1) is 0 Å². The second-order valence-electron chi connectivity index (χ2n) is 3.49. The van der Waals surface area contributed by atoms with Crippen LogP contribution in [0.25, 0.3) is 0 Å². The van der Waals surface area contributed by atoms with Gasteiger partial charge in [-0.2, -0.15) is 0 Å². The summed E-state index contributed by atoms with van der Waals surface area (Å²) in [5.41, 5.74) is 2.01. The van der Waals surface area contributed by atoms with Crippen LogP contribution in [0.4, 0.5) is 0 Å². The lowest BCUT2D eigenvalue weighted by Crippen LogP contribution is -2.30. The average Bonchev–Trinajstić information content (AvgIpc) is 2.54. The van der Waals surface area contributed by atoms with Gasteiger partial charge in [-0.3, -0.25) is 4.79 Å². The first kappa shape index (κ1) is 9.21. The molecule has 0 atom stereocenters. The van der Waals surface area contributed by atoms with Crippen molar-refractivity contribution in [2.24, 2.45) is 0 Å². The summed E-state index contributed by atoms with van der Waals surface area (Å²) in [6, 6.07) is 7.82. The van der Waals surface area contributed by atoms with E-state index in [0.29, 0.717) is 0 Å². The summed E-state index contributed by atoms with van der Waals surface area (Å²) in [5, 5.41) is 3.05. The fourth-order valence-electron chi connectivity index (χ4n) is 1.74. The molecule has 0 fully saturated rings. The normalized spacial score (nSPS) is 14.6. The number of fused-ring (bicyclic) bond motifs is 1. The van der Waals surface area contributed by atoms with Gasteiger partial charge in [0.2, 0.25) is 0 Å². The fourth-order valence-corrected chi connectivity index (χ4v) is 1.74. The Hall–Kier alpha value is -1.35. The van der Waals surface area contributed by atoms with E-state index in [1.54, 1.807) is 0 Å². The van der Waals surface area contributed by atoms with Crippen LogP contribution in [-0.4, -0.2) is 30.9 Å². The molecule has 74 valence electrons. The predicted octanol–water partition coefficient (Wildman–Crippen LogP) is 0.862. The van der Waals surface area contributed by atoms with Crippen LogP contribution in [0.15, 0.2) is 24.3 Å². The summed E-state index contributed by atoms with van der Waals surface area (Å²) in [6.45, 7) is 2.39. The molecule has 2 rings (SSSR count). The molecule has 1 amide bonds. The van der Waals surface area contributed by atoms with Gasteiger partial charge in [0.1, 0.15) is 0 Å². The Labute approximate surface area is 83.7 Å². The molecule has 1 aliphatic rings. The van der Waals surface area contributed by atoms with Gasteiger partial charge in [-0.1, -0.05) is 18.2 Å². The zero-order chi connectivity index (χ0) is 9.97. The highest BCUT2D eigenvalue weighted by atomic mass is 16.2. The molecule has 1 heterocycles. The average molecular weight is 190 g/mol. The van der Waals surface area contributed by atoms with Crippen molar-refractivity contribution in [1.82, 2.24) is 10.2 Å². The highest BCUT2D eigenvalue weighted by molar-refractivity contribution is 5.98. The Morgan fingerprint density at radius 1 is 1.43 bits per heavy atom. The Balaban J connectivity index is 2.13. The maximum Gasteiger partial charge on any atom is 0.254 e. The van der Waals surface area contributed by atoms with Crippen molar-refractivity contribution in [3.05, 3.63) is 35.4 Å². The summed E-state index contributed by atoms with van der Waals surface area (Å²) in [5.74, 6) is 0.163. The Morgan fingerprint density at radius 2 is 2.21 bits per heavy atom. The Bertz CT molecular complexity index is 349. The number of rotatable bonds is 3. The topological polar surface area (TPSA) is 32.3 Å². The summed E-state index contributed by atoms with van der Waals surface area (Å²) in [7, 11) is 1.90. The minimum Gasteiger partial charge on any atom is -0.333 e. The van der Waals surface area contributed by atoms with Crippen LogP contribution < -0.4 is 5.32 Å². The number of nitrogens with one attached hydrogen (secondary N) is 1. The van der Waals surface area contributed by atoms with Gasteiger partial charge in [-0.15, -0.1) is 0 Å². The van der Waals surface area contributed by atoms with Crippen molar-refractivity contribution in [2.45, 2.75) is 6.54 Å². The minimum absolute atomic E-state index is 0.163. The molecule has 0 aliphatic carbocycles. The van der Waals surface area contributed by atoms with Crippen LogP contribution in [-0.2, 0) is 6.54 Å². The van der Waals surface area contributed by atoms with Crippen molar-refractivity contribution in [1.29, 1.82) is 0 Å². The van der Waals surface area contributed by atoms with Crippen molar-refractivity contribution in [2.75, 3.05) is 20.1 Å². The van der Waals surface area contributed by atoms with Crippen molar-refractivity contribution < 1.29 is 4.79 Å². The van der Waals surface area contributed by atoms with Crippen molar-refractivity contribution in [3.8, 4) is 0 Å². The molecular weight excluding hydrogens is 176 g/mol. The molecule has 1 N–H and O–H groups in total. The summed E-state index contributed by atoms with van der Waals surface area (Å²) < 4.78 is 0. The Kier molecular flexibility index (Phi) is 2.50. The number of amides is 1. The standard InChI is InChI=1S/C11H14N2O/c1-12-6-7-13-8-9-4-2-3-5-10(9)11(13)14/h2-5,12H,6-8H2,1H3. The SMILES string of the molecule is CNCCN1Cc2ccccc2C1=O. The molecule has 0 saturated heterocycles. The quantitative estimate of drug-likeness (QED) is 0.766. The van der Waals surface area contributed by atoms with Crippen LogP contribution in [0, 0.1) is 0 Å². The number of hydrogen-bond donors (Lipinski definition) is 1. The van der Waals surface area contributed by atoms with Crippen LogP contribution in [0.2, 0.25) is 0 Å². The summed E-state index contributed by atoms with van der Waals surface area (Å²) >= 11 is 0. The fraction of sp³-hybridized carbons (Fsp3) is 0.364. The Morgan fingerprint density at radius 3 is 2.93 bits per heavy atom. The lowest BCUT2D eigenvalue weighted by molar-refractivity contribution is 0.0780. The van der Waals surface area contributed by atoms with E-state index < -0.39 is 0 Å². The van der Waals surface area contributed by atoms with Gasteiger partial charge >= 0.3 is 0 Å². The lowest BCUT2D eigenvalue weighted by Gasteiger charge is -2.14. The molecule has 0 radical (unpaired) electrons.